The normalized spacial score (nSPS) is 10.5. The summed E-state index contributed by atoms with van der Waals surface area (Å²) in [5, 5.41) is 16.4. The van der Waals surface area contributed by atoms with Crippen molar-refractivity contribution < 1.29 is 9.84 Å². The molecule has 7 nitrogen and oxygen atoms in total. The molecule has 0 saturated heterocycles. The van der Waals surface area contributed by atoms with Crippen molar-refractivity contribution in [2.24, 2.45) is 0 Å². The average molecular weight is 291 g/mol. The fraction of sp³-hybridized carbons (Fsp3) is 0.429. The molecule has 2 aromatic heterocycles. The lowest BCUT2D eigenvalue weighted by Crippen LogP contribution is -2.13. The molecule has 0 atom stereocenters. The maximum Gasteiger partial charge on any atom is 0.239 e. The van der Waals surface area contributed by atoms with Crippen molar-refractivity contribution in [3.8, 4) is 5.88 Å². The quantitative estimate of drug-likeness (QED) is 0.791. The minimum absolute atomic E-state index is 0.0791. The van der Waals surface area contributed by atoms with E-state index in [0.717, 1.165) is 16.9 Å². The largest absolute Gasteiger partial charge is 0.479 e. The van der Waals surface area contributed by atoms with Crippen LogP contribution in [-0.2, 0) is 13.1 Å². The van der Waals surface area contributed by atoms with E-state index >= 15 is 0 Å². The summed E-state index contributed by atoms with van der Waals surface area (Å²) >= 11 is 0. The number of methoxy groups -OCH3 is 1. The van der Waals surface area contributed by atoms with Crippen molar-refractivity contribution in [1.29, 1.82) is 0 Å². The monoisotopic (exact) mass is 291 g/mol. The van der Waals surface area contributed by atoms with Gasteiger partial charge in [-0.2, -0.15) is 5.10 Å². The van der Waals surface area contributed by atoms with Gasteiger partial charge in [-0.1, -0.05) is 0 Å². The number of aliphatic hydroxyl groups excluding tert-OH is 1. The Balaban J connectivity index is 2.14. The van der Waals surface area contributed by atoms with Crippen LogP contribution in [0.4, 0.5) is 11.4 Å². The highest BCUT2D eigenvalue weighted by Crippen LogP contribution is 2.32. The molecule has 0 bridgehead atoms. The van der Waals surface area contributed by atoms with E-state index < -0.39 is 0 Å². The second-order valence-electron chi connectivity index (χ2n) is 4.80. The van der Waals surface area contributed by atoms with Crippen LogP contribution >= 0.6 is 0 Å². The minimum Gasteiger partial charge on any atom is -0.479 e. The Morgan fingerprint density at radius 3 is 2.90 bits per heavy atom. The highest BCUT2D eigenvalue weighted by atomic mass is 16.5. The molecular weight excluding hydrogens is 270 g/mol. The summed E-state index contributed by atoms with van der Waals surface area (Å²) in [4.78, 5) is 6.22. The van der Waals surface area contributed by atoms with E-state index in [1.165, 1.54) is 0 Å². The second kappa shape index (κ2) is 6.94. The molecule has 0 saturated carbocycles. The van der Waals surface area contributed by atoms with Crippen LogP contribution in [0.3, 0.4) is 0 Å². The van der Waals surface area contributed by atoms with Gasteiger partial charge in [0.25, 0.3) is 0 Å². The fourth-order valence-corrected chi connectivity index (χ4v) is 2.04. The van der Waals surface area contributed by atoms with E-state index in [1.54, 1.807) is 24.2 Å². The van der Waals surface area contributed by atoms with Gasteiger partial charge in [0.1, 0.15) is 5.69 Å². The van der Waals surface area contributed by atoms with Crippen LogP contribution in [0.5, 0.6) is 5.88 Å². The number of nitrogens with one attached hydrogen (secondary N) is 1. The molecule has 2 aromatic rings. The molecule has 2 rings (SSSR count). The summed E-state index contributed by atoms with van der Waals surface area (Å²) in [5.41, 5.74) is 2.88. The van der Waals surface area contributed by atoms with Gasteiger partial charge >= 0.3 is 0 Å². The zero-order valence-electron chi connectivity index (χ0n) is 12.6. The van der Waals surface area contributed by atoms with Gasteiger partial charge in [-0.05, 0) is 6.07 Å². The van der Waals surface area contributed by atoms with Crippen LogP contribution in [0.2, 0.25) is 0 Å². The van der Waals surface area contributed by atoms with Crippen molar-refractivity contribution >= 4 is 11.4 Å². The van der Waals surface area contributed by atoms with Crippen molar-refractivity contribution in [1.82, 2.24) is 14.8 Å². The first kappa shape index (κ1) is 15.1. The van der Waals surface area contributed by atoms with Gasteiger partial charge in [-0.3, -0.25) is 4.68 Å². The van der Waals surface area contributed by atoms with Crippen molar-refractivity contribution in [2.45, 2.75) is 13.1 Å². The number of anilines is 2. The van der Waals surface area contributed by atoms with Gasteiger partial charge in [0.2, 0.25) is 5.88 Å². The van der Waals surface area contributed by atoms with Crippen molar-refractivity contribution in [3.05, 3.63) is 30.2 Å². The Kier molecular flexibility index (Phi) is 4.99. The molecule has 114 valence electrons. The number of hydrogen-bond donors (Lipinski definition) is 2. The van der Waals surface area contributed by atoms with E-state index in [2.05, 4.69) is 15.4 Å². The van der Waals surface area contributed by atoms with Crippen molar-refractivity contribution in [2.75, 3.05) is 38.0 Å². The first-order valence-electron chi connectivity index (χ1n) is 6.72. The van der Waals surface area contributed by atoms with E-state index in [4.69, 9.17) is 9.84 Å². The Morgan fingerprint density at radius 1 is 1.43 bits per heavy atom. The van der Waals surface area contributed by atoms with E-state index in [1.807, 2.05) is 31.3 Å². The Hall–Kier alpha value is -2.28. The zero-order chi connectivity index (χ0) is 15.2. The summed E-state index contributed by atoms with van der Waals surface area (Å²) < 4.78 is 7.03. The number of aromatic nitrogens is 3. The molecule has 0 radical (unpaired) electrons. The van der Waals surface area contributed by atoms with E-state index in [-0.39, 0.29) is 6.61 Å². The van der Waals surface area contributed by atoms with Gasteiger partial charge in [0.15, 0.2) is 0 Å². The molecule has 0 aliphatic carbocycles. The molecule has 0 aliphatic rings. The lowest BCUT2D eigenvalue weighted by molar-refractivity contribution is 0.269. The SMILES string of the molecule is COc1nccc(N(C)C)c1NCc1cnn(CCO)c1. The smallest absolute Gasteiger partial charge is 0.239 e. The molecule has 0 aliphatic heterocycles. The molecule has 0 fully saturated rings. The van der Waals surface area contributed by atoms with Gasteiger partial charge in [0, 0.05) is 38.6 Å². The van der Waals surface area contributed by atoms with Gasteiger partial charge in [-0.15, -0.1) is 0 Å². The lowest BCUT2D eigenvalue weighted by atomic mass is 10.3. The van der Waals surface area contributed by atoms with Crippen LogP contribution in [0, 0.1) is 0 Å². The molecule has 0 unspecified atom stereocenters. The molecule has 2 heterocycles. The Bertz CT molecular complexity index is 582. The molecule has 7 heteroatoms. The average Bonchev–Trinajstić information content (AvgIpc) is 2.92. The highest BCUT2D eigenvalue weighted by molar-refractivity contribution is 5.74. The van der Waals surface area contributed by atoms with Gasteiger partial charge in [-0.25, -0.2) is 4.98 Å². The molecular formula is C14H21N5O2. The molecule has 0 spiro atoms. The Morgan fingerprint density at radius 2 is 2.24 bits per heavy atom. The molecule has 21 heavy (non-hydrogen) atoms. The summed E-state index contributed by atoms with van der Waals surface area (Å²) in [5.74, 6) is 0.559. The third-order valence-corrected chi connectivity index (χ3v) is 3.05. The van der Waals surface area contributed by atoms with Crippen LogP contribution in [-0.4, -0.2) is 47.7 Å². The Labute approximate surface area is 124 Å². The first-order valence-corrected chi connectivity index (χ1v) is 6.72. The summed E-state index contributed by atoms with van der Waals surface area (Å²) in [6, 6.07) is 1.93. The molecule has 2 N–H and O–H groups in total. The number of hydrogen-bond acceptors (Lipinski definition) is 6. The number of pyridine rings is 1. The lowest BCUT2D eigenvalue weighted by Gasteiger charge is -2.19. The predicted octanol–water partition coefficient (Wildman–Crippen LogP) is 0.957. The molecule has 0 aromatic carbocycles. The number of nitrogens with zero attached hydrogens (tertiary/aromatic N) is 4. The maximum absolute atomic E-state index is 8.90. The summed E-state index contributed by atoms with van der Waals surface area (Å²) in [6.07, 6.45) is 5.40. The fourth-order valence-electron chi connectivity index (χ4n) is 2.04. The maximum atomic E-state index is 8.90. The standard InChI is InChI=1S/C14H21N5O2/c1-18(2)12-4-5-15-14(21-3)13(12)16-8-11-9-17-19(10-11)6-7-20/h4-5,9-10,16,20H,6-8H2,1-3H3. The first-order chi connectivity index (χ1) is 10.2. The topological polar surface area (TPSA) is 75.4 Å². The molecule has 0 amide bonds. The van der Waals surface area contributed by atoms with E-state index in [9.17, 15) is 0 Å². The number of rotatable bonds is 7. The summed E-state index contributed by atoms with van der Waals surface area (Å²) in [7, 11) is 5.55. The zero-order valence-corrected chi connectivity index (χ0v) is 12.6. The van der Waals surface area contributed by atoms with Crippen molar-refractivity contribution in [3.63, 3.8) is 0 Å². The van der Waals surface area contributed by atoms with Crippen LogP contribution in [0.25, 0.3) is 0 Å². The predicted molar refractivity (Wildman–Crippen MR) is 81.8 cm³/mol. The summed E-state index contributed by atoms with van der Waals surface area (Å²) in [6.45, 7) is 1.18. The van der Waals surface area contributed by atoms with Crippen LogP contribution in [0.1, 0.15) is 5.56 Å². The third kappa shape index (κ3) is 3.63. The van der Waals surface area contributed by atoms with E-state index in [0.29, 0.717) is 19.0 Å². The van der Waals surface area contributed by atoms with Crippen LogP contribution in [0.15, 0.2) is 24.7 Å². The van der Waals surface area contributed by atoms with Gasteiger partial charge < -0.3 is 20.1 Å². The highest BCUT2D eigenvalue weighted by Gasteiger charge is 2.12. The minimum atomic E-state index is 0.0791. The second-order valence-corrected chi connectivity index (χ2v) is 4.80. The third-order valence-electron chi connectivity index (χ3n) is 3.05. The number of aliphatic hydroxyl groups is 1. The van der Waals surface area contributed by atoms with Gasteiger partial charge in [0.05, 0.1) is 32.1 Å². The number of ether oxygens (including phenoxy) is 1. The van der Waals surface area contributed by atoms with Crippen LogP contribution < -0.4 is 15.0 Å².